The number of fused-ring (bicyclic) bond motifs is 1. The number of hydrogen-bond donors (Lipinski definition) is 2. The highest BCUT2D eigenvalue weighted by Crippen LogP contribution is 2.27. The molecule has 3 heterocycles. The van der Waals surface area contributed by atoms with E-state index in [2.05, 4.69) is 27.1 Å². The van der Waals surface area contributed by atoms with E-state index >= 15 is 0 Å². The van der Waals surface area contributed by atoms with E-state index < -0.39 is 11.2 Å². The number of nitrogen functional groups attached to an aromatic ring is 1. The molecule has 9 nitrogen and oxygen atoms in total. The Morgan fingerprint density at radius 1 is 1.15 bits per heavy atom. The molecule has 0 radical (unpaired) electrons. The maximum atomic E-state index is 12.4. The molecule has 0 atom stereocenters. The molecule has 3 aromatic heterocycles. The van der Waals surface area contributed by atoms with Crippen LogP contribution >= 0.6 is 23.1 Å². The van der Waals surface area contributed by atoms with Crippen LogP contribution in [0.1, 0.15) is 38.9 Å². The molecule has 3 aromatic rings. The van der Waals surface area contributed by atoms with E-state index in [0.29, 0.717) is 35.1 Å². The minimum atomic E-state index is -0.409. The monoisotopic (exact) mass is 395 g/mol. The van der Waals surface area contributed by atoms with Crippen LogP contribution in [0.5, 0.6) is 0 Å². The highest BCUT2D eigenvalue weighted by molar-refractivity contribution is 8.00. The molecule has 0 spiro atoms. The van der Waals surface area contributed by atoms with E-state index in [9.17, 15) is 9.59 Å². The Morgan fingerprint density at radius 2 is 1.96 bits per heavy atom. The van der Waals surface area contributed by atoms with Crippen LogP contribution in [0.2, 0.25) is 0 Å². The molecule has 0 aromatic carbocycles. The highest BCUT2D eigenvalue weighted by atomic mass is 32.2. The van der Waals surface area contributed by atoms with Gasteiger partial charge in [0.25, 0.3) is 5.56 Å². The summed E-state index contributed by atoms with van der Waals surface area (Å²) in [5.41, 5.74) is 5.72. The van der Waals surface area contributed by atoms with Gasteiger partial charge in [0.2, 0.25) is 5.13 Å². The normalized spacial score (nSPS) is 11.5. The highest BCUT2D eigenvalue weighted by Gasteiger charge is 2.18. The van der Waals surface area contributed by atoms with E-state index in [1.807, 2.05) is 11.5 Å². The average Bonchev–Trinajstić information content (AvgIpc) is 3.17. The van der Waals surface area contributed by atoms with Crippen LogP contribution in [0.25, 0.3) is 11.2 Å². The van der Waals surface area contributed by atoms with Gasteiger partial charge in [0.05, 0.1) is 5.75 Å². The van der Waals surface area contributed by atoms with Crippen molar-refractivity contribution < 1.29 is 0 Å². The molecule has 0 aliphatic rings. The van der Waals surface area contributed by atoms with Gasteiger partial charge in [-0.1, -0.05) is 43.4 Å². The van der Waals surface area contributed by atoms with Crippen LogP contribution < -0.4 is 17.0 Å². The number of unbranched alkanes of at least 4 members (excludes halogenated alkanes) is 1. The van der Waals surface area contributed by atoms with Crippen LogP contribution in [0.3, 0.4) is 0 Å². The van der Waals surface area contributed by atoms with Gasteiger partial charge in [-0.2, -0.15) is 0 Å². The van der Waals surface area contributed by atoms with Crippen molar-refractivity contribution >= 4 is 39.4 Å². The molecule has 140 valence electrons. The summed E-state index contributed by atoms with van der Waals surface area (Å²) in [6, 6.07) is 0. The van der Waals surface area contributed by atoms with Gasteiger partial charge in [0.15, 0.2) is 15.5 Å². The number of imidazole rings is 1. The van der Waals surface area contributed by atoms with Gasteiger partial charge in [-0.3, -0.25) is 14.3 Å². The molecular formula is C15H21N7O2S2. The lowest BCUT2D eigenvalue weighted by Crippen LogP contribution is -2.31. The SMILES string of the molecule is CCCCn1c(=O)[nH]c(=O)c2c1nc(CSc1nnc(N)s1)n2CCC. The minimum Gasteiger partial charge on any atom is -0.374 e. The Hall–Kier alpha value is -2.14. The number of hydrogen-bond acceptors (Lipinski definition) is 8. The lowest BCUT2D eigenvalue weighted by molar-refractivity contribution is 0.612. The van der Waals surface area contributed by atoms with Crippen LogP contribution in [0.4, 0.5) is 5.13 Å². The molecule has 0 amide bonds. The van der Waals surface area contributed by atoms with Gasteiger partial charge < -0.3 is 10.3 Å². The number of thioether (sulfide) groups is 1. The van der Waals surface area contributed by atoms with Crippen molar-refractivity contribution in [2.75, 3.05) is 5.73 Å². The summed E-state index contributed by atoms with van der Waals surface area (Å²) >= 11 is 2.78. The van der Waals surface area contributed by atoms with Crippen LogP contribution in [0.15, 0.2) is 13.9 Å². The van der Waals surface area contributed by atoms with Crippen molar-refractivity contribution in [1.29, 1.82) is 0 Å². The average molecular weight is 396 g/mol. The molecule has 3 N–H and O–H groups in total. The molecule has 26 heavy (non-hydrogen) atoms. The fraction of sp³-hybridized carbons (Fsp3) is 0.533. The maximum absolute atomic E-state index is 12.4. The number of H-pyrrole nitrogens is 1. The topological polar surface area (TPSA) is 124 Å². The van der Waals surface area contributed by atoms with Gasteiger partial charge in [0.1, 0.15) is 5.82 Å². The van der Waals surface area contributed by atoms with Gasteiger partial charge in [-0.15, -0.1) is 10.2 Å². The zero-order valence-electron chi connectivity index (χ0n) is 14.7. The number of aryl methyl sites for hydroxylation is 2. The second kappa shape index (κ2) is 8.04. The first-order chi connectivity index (χ1) is 12.5. The largest absolute Gasteiger partial charge is 0.374 e. The lowest BCUT2D eigenvalue weighted by atomic mass is 10.3. The smallest absolute Gasteiger partial charge is 0.330 e. The first-order valence-corrected chi connectivity index (χ1v) is 10.3. The maximum Gasteiger partial charge on any atom is 0.330 e. The molecule has 3 rings (SSSR count). The molecule has 0 fully saturated rings. The molecular weight excluding hydrogens is 374 g/mol. The van der Waals surface area contributed by atoms with Gasteiger partial charge in [-0.25, -0.2) is 9.78 Å². The third-order valence-corrected chi connectivity index (χ3v) is 5.78. The van der Waals surface area contributed by atoms with E-state index in [1.54, 1.807) is 4.57 Å². The fourth-order valence-corrected chi connectivity index (χ4v) is 4.30. The van der Waals surface area contributed by atoms with Crippen molar-refractivity contribution in [3.05, 3.63) is 26.7 Å². The van der Waals surface area contributed by atoms with Gasteiger partial charge in [-0.05, 0) is 12.8 Å². The molecule has 0 aliphatic heterocycles. The number of aromatic amines is 1. The Morgan fingerprint density at radius 3 is 2.62 bits per heavy atom. The van der Waals surface area contributed by atoms with Crippen molar-refractivity contribution in [3.8, 4) is 0 Å². The number of nitrogens with zero attached hydrogens (tertiary/aromatic N) is 5. The zero-order valence-corrected chi connectivity index (χ0v) is 16.3. The fourth-order valence-electron chi connectivity index (χ4n) is 2.72. The van der Waals surface area contributed by atoms with E-state index in [1.165, 1.54) is 23.1 Å². The Bertz CT molecular complexity index is 1020. The predicted molar refractivity (Wildman–Crippen MR) is 104 cm³/mol. The second-order valence-electron chi connectivity index (χ2n) is 5.81. The molecule has 11 heteroatoms. The number of aromatic nitrogens is 6. The summed E-state index contributed by atoms with van der Waals surface area (Å²) in [5.74, 6) is 1.26. The quantitative estimate of drug-likeness (QED) is 0.557. The summed E-state index contributed by atoms with van der Waals surface area (Å²) in [4.78, 5) is 31.7. The Balaban J connectivity index is 2.06. The molecule has 0 saturated carbocycles. The van der Waals surface area contributed by atoms with Crippen molar-refractivity contribution in [2.45, 2.75) is 56.3 Å². The summed E-state index contributed by atoms with van der Waals surface area (Å²) < 4.78 is 4.20. The third kappa shape index (κ3) is 3.68. The van der Waals surface area contributed by atoms with Crippen LogP contribution in [-0.2, 0) is 18.8 Å². The zero-order chi connectivity index (χ0) is 18.7. The van der Waals surface area contributed by atoms with Gasteiger partial charge in [0, 0.05) is 13.1 Å². The van der Waals surface area contributed by atoms with Crippen molar-refractivity contribution in [3.63, 3.8) is 0 Å². The molecule has 0 saturated heterocycles. The number of nitrogens with one attached hydrogen (secondary N) is 1. The van der Waals surface area contributed by atoms with Crippen LogP contribution in [0, 0.1) is 0 Å². The minimum absolute atomic E-state index is 0.393. The molecule has 0 aliphatic carbocycles. The van der Waals surface area contributed by atoms with Gasteiger partial charge >= 0.3 is 5.69 Å². The molecule has 0 bridgehead atoms. The number of rotatable bonds is 8. The van der Waals surface area contributed by atoms with E-state index in [-0.39, 0.29) is 0 Å². The Labute approximate surface area is 157 Å². The first-order valence-electron chi connectivity index (χ1n) is 8.49. The lowest BCUT2D eigenvalue weighted by Gasteiger charge is -2.07. The predicted octanol–water partition coefficient (Wildman–Crippen LogP) is 1.82. The Kier molecular flexibility index (Phi) is 5.77. The number of nitrogens with two attached hydrogens (primary N) is 1. The van der Waals surface area contributed by atoms with E-state index in [0.717, 1.165) is 29.4 Å². The van der Waals surface area contributed by atoms with E-state index in [4.69, 9.17) is 5.73 Å². The van der Waals surface area contributed by atoms with Crippen molar-refractivity contribution in [1.82, 2.24) is 29.3 Å². The summed E-state index contributed by atoms with van der Waals surface area (Å²) in [6.45, 7) is 5.28. The van der Waals surface area contributed by atoms with Crippen molar-refractivity contribution in [2.24, 2.45) is 0 Å². The van der Waals surface area contributed by atoms with Crippen LogP contribution in [-0.4, -0.2) is 29.3 Å². The summed E-state index contributed by atoms with van der Waals surface area (Å²) in [7, 11) is 0. The standard InChI is InChI=1S/C15H21N7O2S2/c1-3-5-7-22-11-10(12(23)18-14(22)24)21(6-4-2)9(17-11)8-25-15-20-19-13(16)26-15/h3-8H2,1-2H3,(H2,16,19)(H,18,23,24). The summed E-state index contributed by atoms with van der Waals surface area (Å²) in [6.07, 6.45) is 2.64. The molecule has 0 unspecified atom stereocenters. The first kappa shape index (κ1) is 18.6. The third-order valence-electron chi connectivity index (χ3n) is 3.89. The second-order valence-corrected chi connectivity index (χ2v) is 8.04. The summed E-state index contributed by atoms with van der Waals surface area (Å²) in [5, 5.41) is 8.21. The number of anilines is 1.